The second kappa shape index (κ2) is 5.96. The van der Waals surface area contributed by atoms with Gasteiger partial charge in [-0.2, -0.15) is 0 Å². The van der Waals surface area contributed by atoms with E-state index < -0.39 is 5.97 Å². The third kappa shape index (κ3) is 2.99. The quantitative estimate of drug-likeness (QED) is 0.906. The van der Waals surface area contributed by atoms with Crippen molar-refractivity contribution in [1.29, 1.82) is 0 Å². The molecular formula is C17H22O4. The molecule has 1 N–H and O–H groups in total. The smallest absolute Gasteiger partial charge is 0.307 e. The third-order valence-corrected chi connectivity index (χ3v) is 4.63. The number of carboxylic acids is 1. The van der Waals surface area contributed by atoms with Gasteiger partial charge in [0.2, 0.25) is 0 Å². The fourth-order valence-electron chi connectivity index (χ4n) is 3.46. The van der Waals surface area contributed by atoms with Crippen LogP contribution in [-0.2, 0) is 4.79 Å². The molecule has 1 aliphatic heterocycles. The van der Waals surface area contributed by atoms with Crippen LogP contribution >= 0.6 is 0 Å². The summed E-state index contributed by atoms with van der Waals surface area (Å²) in [5.41, 5.74) is 1.07. The van der Waals surface area contributed by atoms with Gasteiger partial charge in [0.1, 0.15) is 0 Å². The van der Waals surface area contributed by atoms with E-state index >= 15 is 0 Å². The van der Waals surface area contributed by atoms with Crippen molar-refractivity contribution in [2.45, 2.75) is 38.5 Å². The fraction of sp³-hybridized carbons (Fsp3) is 0.588. The van der Waals surface area contributed by atoms with Gasteiger partial charge >= 0.3 is 5.97 Å². The van der Waals surface area contributed by atoms with Crippen LogP contribution in [0.4, 0.5) is 0 Å². The molecule has 0 bridgehead atoms. The van der Waals surface area contributed by atoms with Crippen LogP contribution < -0.4 is 9.47 Å². The lowest BCUT2D eigenvalue weighted by Crippen LogP contribution is -2.28. The van der Waals surface area contributed by atoms with Crippen LogP contribution in [0.3, 0.4) is 0 Å². The van der Waals surface area contributed by atoms with Crippen molar-refractivity contribution in [2.75, 3.05) is 13.2 Å². The van der Waals surface area contributed by atoms with E-state index in [-0.39, 0.29) is 11.8 Å². The maximum absolute atomic E-state index is 11.5. The van der Waals surface area contributed by atoms with E-state index in [1.807, 2.05) is 18.2 Å². The zero-order valence-electron chi connectivity index (χ0n) is 12.4. The van der Waals surface area contributed by atoms with Gasteiger partial charge < -0.3 is 14.6 Å². The van der Waals surface area contributed by atoms with Crippen molar-refractivity contribution in [3.05, 3.63) is 23.8 Å². The molecule has 0 aromatic heterocycles. The van der Waals surface area contributed by atoms with Gasteiger partial charge in [0.15, 0.2) is 11.5 Å². The Hall–Kier alpha value is -1.71. The Bertz CT molecular complexity index is 526. The van der Waals surface area contributed by atoms with E-state index in [1.54, 1.807) is 0 Å². The lowest BCUT2D eigenvalue weighted by molar-refractivity contribution is -0.143. The molecule has 3 unspecified atom stereocenters. The number of aliphatic carboxylic acids is 1. The number of ether oxygens (including phenoxy) is 2. The minimum Gasteiger partial charge on any atom is -0.490 e. The molecule has 1 fully saturated rings. The first kappa shape index (κ1) is 14.2. The summed E-state index contributed by atoms with van der Waals surface area (Å²) in [6.45, 7) is 3.53. The summed E-state index contributed by atoms with van der Waals surface area (Å²) in [6.07, 6.45) is 3.56. The van der Waals surface area contributed by atoms with Crippen molar-refractivity contribution >= 4 is 5.97 Å². The molecule has 1 aromatic rings. The highest BCUT2D eigenvalue weighted by atomic mass is 16.5. The summed E-state index contributed by atoms with van der Waals surface area (Å²) in [5, 5.41) is 9.48. The molecule has 0 radical (unpaired) electrons. The van der Waals surface area contributed by atoms with Crippen LogP contribution in [0.1, 0.15) is 44.1 Å². The predicted molar refractivity (Wildman–Crippen MR) is 78.9 cm³/mol. The number of rotatable bonds is 2. The van der Waals surface area contributed by atoms with E-state index in [4.69, 9.17) is 9.47 Å². The Morgan fingerprint density at radius 3 is 2.71 bits per heavy atom. The first-order chi connectivity index (χ1) is 10.1. The van der Waals surface area contributed by atoms with E-state index in [2.05, 4.69) is 6.92 Å². The Morgan fingerprint density at radius 1 is 1.19 bits per heavy atom. The highest BCUT2D eigenvalue weighted by molar-refractivity contribution is 5.71. The van der Waals surface area contributed by atoms with E-state index in [0.29, 0.717) is 19.1 Å². The lowest BCUT2D eigenvalue weighted by Gasteiger charge is -2.33. The minimum atomic E-state index is -0.681. The highest BCUT2D eigenvalue weighted by Gasteiger charge is 2.35. The van der Waals surface area contributed by atoms with Gasteiger partial charge in [-0.1, -0.05) is 13.0 Å². The zero-order valence-corrected chi connectivity index (χ0v) is 12.4. The van der Waals surface area contributed by atoms with Crippen LogP contribution in [0.15, 0.2) is 18.2 Å². The number of carbonyl (C=O) groups is 1. The van der Waals surface area contributed by atoms with Crippen molar-refractivity contribution in [2.24, 2.45) is 11.8 Å². The van der Waals surface area contributed by atoms with Gasteiger partial charge in [-0.3, -0.25) is 4.79 Å². The Labute approximate surface area is 125 Å². The number of carboxylic acid groups (broad SMARTS) is 1. The van der Waals surface area contributed by atoms with Gasteiger partial charge in [-0.05, 0) is 48.8 Å². The molecule has 2 aliphatic rings. The van der Waals surface area contributed by atoms with Gasteiger partial charge in [0.25, 0.3) is 0 Å². The maximum atomic E-state index is 11.5. The van der Waals surface area contributed by atoms with Gasteiger partial charge in [-0.25, -0.2) is 0 Å². The van der Waals surface area contributed by atoms with Crippen molar-refractivity contribution in [1.82, 2.24) is 0 Å². The van der Waals surface area contributed by atoms with Crippen molar-refractivity contribution < 1.29 is 19.4 Å². The van der Waals surface area contributed by atoms with Gasteiger partial charge in [-0.15, -0.1) is 0 Å². The second-order valence-electron chi connectivity index (χ2n) is 6.23. The molecule has 1 heterocycles. The van der Waals surface area contributed by atoms with Crippen LogP contribution in [0.5, 0.6) is 11.5 Å². The number of benzene rings is 1. The average molecular weight is 290 g/mol. The first-order valence-corrected chi connectivity index (χ1v) is 7.77. The van der Waals surface area contributed by atoms with Crippen LogP contribution in [0.25, 0.3) is 0 Å². The molecule has 4 heteroatoms. The summed E-state index contributed by atoms with van der Waals surface area (Å²) in [6, 6.07) is 5.92. The van der Waals surface area contributed by atoms with E-state index in [9.17, 15) is 9.90 Å². The normalized spacial score (nSPS) is 28.7. The van der Waals surface area contributed by atoms with Crippen molar-refractivity contribution in [3.8, 4) is 11.5 Å². The van der Waals surface area contributed by atoms with E-state index in [1.165, 1.54) is 0 Å². The van der Waals surface area contributed by atoms with Crippen LogP contribution in [0, 0.1) is 11.8 Å². The summed E-state index contributed by atoms with van der Waals surface area (Å²) in [4.78, 5) is 11.5. The monoisotopic (exact) mass is 290 g/mol. The van der Waals surface area contributed by atoms with Crippen molar-refractivity contribution in [3.63, 3.8) is 0 Å². The highest BCUT2D eigenvalue weighted by Crippen LogP contribution is 2.43. The molecule has 1 aliphatic carbocycles. The molecule has 0 amide bonds. The summed E-state index contributed by atoms with van der Waals surface area (Å²) < 4.78 is 11.4. The van der Waals surface area contributed by atoms with Gasteiger partial charge in [0, 0.05) is 6.42 Å². The van der Waals surface area contributed by atoms with E-state index in [0.717, 1.165) is 42.7 Å². The van der Waals surface area contributed by atoms with Gasteiger partial charge in [0.05, 0.1) is 19.1 Å². The summed E-state index contributed by atoms with van der Waals surface area (Å²) in [5.74, 6) is 1.20. The molecular weight excluding hydrogens is 268 g/mol. The maximum Gasteiger partial charge on any atom is 0.307 e. The third-order valence-electron chi connectivity index (χ3n) is 4.63. The fourth-order valence-corrected chi connectivity index (χ4v) is 3.46. The second-order valence-corrected chi connectivity index (χ2v) is 6.23. The number of hydrogen-bond donors (Lipinski definition) is 1. The molecule has 1 aromatic carbocycles. The molecule has 1 saturated carbocycles. The SMILES string of the molecule is CC1CCC(C(=O)O)C(c2ccc3c(c2)OCCCO3)C1. The molecule has 4 nitrogen and oxygen atoms in total. The summed E-state index contributed by atoms with van der Waals surface area (Å²) in [7, 11) is 0. The zero-order chi connectivity index (χ0) is 14.8. The minimum absolute atomic E-state index is 0.0726. The average Bonchev–Trinajstić information content (AvgIpc) is 2.71. The predicted octanol–water partition coefficient (Wildman–Crippen LogP) is 3.45. The van der Waals surface area contributed by atoms with Crippen LogP contribution in [-0.4, -0.2) is 24.3 Å². The standard InChI is InChI=1S/C17H22O4/c1-11-3-5-13(17(18)19)14(9-11)12-4-6-15-16(10-12)21-8-2-7-20-15/h4,6,10-11,13-14H,2-3,5,7-9H2,1H3,(H,18,19). The lowest BCUT2D eigenvalue weighted by atomic mass is 9.71. The Morgan fingerprint density at radius 2 is 1.95 bits per heavy atom. The first-order valence-electron chi connectivity index (χ1n) is 7.77. The molecule has 3 atom stereocenters. The molecule has 21 heavy (non-hydrogen) atoms. The topological polar surface area (TPSA) is 55.8 Å². The Balaban J connectivity index is 1.90. The largest absolute Gasteiger partial charge is 0.490 e. The summed E-state index contributed by atoms with van der Waals surface area (Å²) >= 11 is 0. The molecule has 114 valence electrons. The number of hydrogen-bond acceptors (Lipinski definition) is 3. The molecule has 0 saturated heterocycles. The number of fused-ring (bicyclic) bond motifs is 1. The van der Waals surface area contributed by atoms with Crippen LogP contribution in [0.2, 0.25) is 0 Å². The molecule has 0 spiro atoms. The molecule has 3 rings (SSSR count). The Kier molecular flexibility index (Phi) is 4.04.